The first-order chi connectivity index (χ1) is 23.9. The Kier molecular flexibility index (Phi) is 11.9. The number of methoxy groups -OCH3 is 1. The molecule has 3 unspecified atom stereocenters. The van der Waals surface area contributed by atoms with Crippen molar-refractivity contribution >= 4 is 41.2 Å². The summed E-state index contributed by atoms with van der Waals surface area (Å²) in [7, 11) is 1.28. The van der Waals surface area contributed by atoms with Crippen molar-refractivity contribution in [3.8, 4) is 5.75 Å². The van der Waals surface area contributed by atoms with Crippen LogP contribution in [-0.4, -0.2) is 83.9 Å². The predicted molar refractivity (Wildman–Crippen MR) is 190 cm³/mol. The second-order valence-corrected chi connectivity index (χ2v) is 15.2. The number of nitrogens with two attached hydrogens (primary N) is 2. The fourth-order valence-corrected chi connectivity index (χ4v) is 9.28. The van der Waals surface area contributed by atoms with E-state index in [1.807, 2.05) is 36.6 Å². The first-order valence-corrected chi connectivity index (χ1v) is 18.6. The normalized spacial score (nSPS) is 26.7. The molecule has 13 heteroatoms. The molecular weight excluding hydrogens is 659 g/mol. The van der Waals surface area contributed by atoms with Crippen molar-refractivity contribution in [1.82, 2.24) is 16.0 Å². The monoisotopic (exact) mass is 707 g/mol. The zero-order valence-electron chi connectivity index (χ0n) is 28.7. The third-order valence-corrected chi connectivity index (χ3v) is 11.5. The molecule has 6 atom stereocenters. The minimum atomic E-state index is -1.60. The van der Waals surface area contributed by atoms with Gasteiger partial charge in [-0.1, -0.05) is 42.5 Å². The maximum absolute atomic E-state index is 14.8. The summed E-state index contributed by atoms with van der Waals surface area (Å²) in [5.41, 5.74) is 12.1. The number of Topliss-reactive ketones (excluding diaryl/α,β-unsaturated/α-hetero) is 1. The van der Waals surface area contributed by atoms with Gasteiger partial charge in [-0.25, -0.2) is 0 Å². The number of ether oxygens (including phenoxy) is 1. The second kappa shape index (κ2) is 15.9. The summed E-state index contributed by atoms with van der Waals surface area (Å²) in [5.74, 6) is -1.75. The molecular formula is C37H49N5O7S. The highest BCUT2D eigenvalue weighted by Crippen LogP contribution is 2.64. The van der Waals surface area contributed by atoms with Gasteiger partial charge in [-0.2, -0.15) is 11.8 Å². The highest BCUT2D eigenvalue weighted by atomic mass is 32.2. The highest BCUT2D eigenvalue weighted by molar-refractivity contribution is 7.98. The zero-order valence-corrected chi connectivity index (χ0v) is 29.5. The van der Waals surface area contributed by atoms with E-state index in [1.54, 1.807) is 12.1 Å². The van der Waals surface area contributed by atoms with E-state index in [9.17, 15) is 29.1 Å². The van der Waals surface area contributed by atoms with E-state index in [2.05, 4.69) is 16.0 Å². The van der Waals surface area contributed by atoms with Crippen LogP contribution in [-0.2, 0) is 41.6 Å². The molecule has 8 N–H and O–H groups in total. The molecule has 270 valence electrons. The number of carbonyl (C=O) groups is 5. The van der Waals surface area contributed by atoms with Gasteiger partial charge in [-0.05, 0) is 104 Å². The number of phenolic OH excluding ortho intramolecular Hbond substituents is 1. The van der Waals surface area contributed by atoms with E-state index in [4.69, 9.17) is 16.2 Å². The largest absolute Gasteiger partial charge is 0.508 e. The molecule has 50 heavy (non-hydrogen) atoms. The molecule has 4 bridgehead atoms. The number of phenols is 1. The summed E-state index contributed by atoms with van der Waals surface area (Å²) in [4.78, 5) is 68.4. The van der Waals surface area contributed by atoms with Crippen molar-refractivity contribution in [2.45, 2.75) is 75.0 Å². The summed E-state index contributed by atoms with van der Waals surface area (Å²) in [6.45, 7) is -0.463. The van der Waals surface area contributed by atoms with Crippen molar-refractivity contribution in [2.24, 2.45) is 34.6 Å². The molecule has 0 radical (unpaired) electrons. The molecule has 4 fully saturated rings. The maximum Gasteiger partial charge on any atom is 0.321 e. The van der Waals surface area contributed by atoms with Gasteiger partial charge in [0.05, 0.1) is 25.7 Å². The standard InChI is InChI=1S/C37H49N5O7S/c1-49-35(48)37(26-15-24-14-25(16-26)20-36(37,39)19-24)32(45)30(18-22-6-4-3-5-7-22)41-31(44)21-40-34(47)29(12-13-50-2)42-33(46)28(38)17-23-8-10-27(43)11-9-23/h3-11,24-26,28-30,43H,12-21,38-39H2,1-2H3,(H,40,47)(H,41,44)(H,42,46)/t24?,25?,26?,28-,29+,30-,36?,37?/m0/s1. The fourth-order valence-electron chi connectivity index (χ4n) is 8.80. The van der Waals surface area contributed by atoms with E-state index >= 15 is 0 Å². The van der Waals surface area contributed by atoms with E-state index < -0.39 is 65.1 Å². The van der Waals surface area contributed by atoms with Gasteiger partial charge >= 0.3 is 5.97 Å². The molecule has 2 aromatic carbocycles. The Hall–Kier alpha value is -3.94. The number of thioether (sulfide) groups is 1. The molecule has 2 aromatic rings. The number of carbonyl (C=O) groups excluding carboxylic acids is 5. The number of hydrogen-bond acceptors (Lipinski definition) is 10. The van der Waals surface area contributed by atoms with E-state index in [-0.39, 0.29) is 24.5 Å². The average Bonchev–Trinajstić information content (AvgIpc) is 3.09. The van der Waals surface area contributed by atoms with Crippen LogP contribution in [0.25, 0.3) is 0 Å². The Morgan fingerprint density at radius 2 is 1.54 bits per heavy atom. The molecule has 0 spiro atoms. The predicted octanol–water partition coefficient (Wildman–Crippen LogP) is 1.61. The number of hydrogen-bond donors (Lipinski definition) is 6. The third-order valence-electron chi connectivity index (χ3n) is 10.8. The Morgan fingerprint density at radius 3 is 2.14 bits per heavy atom. The smallest absolute Gasteiger partial charge is 0.321 e. The molecule has 12 nitrogen and oxygen atoms in total. The molecule has 6 rings (SSSR count). The summed E-state index contributed by atoms with van der Waals surface area (Å²) < 4.78 is 5.33. The van der Waals surface area contributed by atoms with Crippen LogP contribution >= 0.6 is 11.8 Å². The Labute approximate surface area is 297 Å². The molecule has 3 amide bonds. The lowest BCUT2D eigenvalue weighted by Crippen LogP contribution is -2.76. The Balaban J connectivity index is 1.29. The van der Waals surface area contributed by atoms with Gasteiger partial charge in [0.25, 0.3) is 0 Å². The minimum Gasteiger partial charge on any atom is -0.508 e. The number of amides is 3. The summed E-state index contributed by atoms with van der Waals surface area (Å²) in [5, 5.41) is 17.7. The van der Waals surface area contributed by atoms with Crippen molar-refractivity contribution in [2.75, 3.05) is 25.7 Å². The topological polar surface area (TPSA) is 203 Å². The fraction of sp³-hybridized carbons (Fsp3) is 0.541. The number of aromatic hydroxyl groups is 1. The number of rotatable bonds is 16. The average molecular weight is 708 g/mol. The molecule has 4 aliphatic rings. The summed E-state index contributed by atoms with van der Waals surface area (Å²) in [6, 6.07) is 12.5. The highest BCUT2D eigenvalue weighted by Gasteiger charge is 2.72. The van der Waals surface area contributed by atoms with Gasteiger partial charge < -0.3 is 37.3 Å². The van der Waals surface area contributed by atoms with Crippen molar-refractivity contribution in [3.63, 3.8) is 0 Å². The van der Waals surface area contributed by atoms with Gasteiger partial charge in [0.1, 0.15) is 17.2 Å². The summed E-state index contributed by atoms with van der Waals surface area (Å²) in [6.07, 6.45) is 6.05. The Bertz CT molecular complexity index is 1540. The lowest BCUT2D eigenvalue weighted by molar-refractivity contribution is -0.190. The second-order valence-electron chi connectivity index (χ2n) is 14.2. The van der Waals surface area contributed by atoms with Gasteiger partial charge in [0, 0.05) is 5.54 Å². The van der Waals surface area contributed by atoms with Crippen molar-refractivity contribution < 1.29 is 33.8 Å². The molecule has 0 aromatic heterocycles. The van der Waals surface area contributed by atoms with Crippen molar-refractivity contribution in [1.29, 1.82) is 0 Å². The zero-order chi connectivity index (χ0) is 36.1. The van der Waals surface area contributed by atoms with Crippen LogP contribution in [0.2, 0.25) is 0 Å². The molecule has 0 saturated heterocycles. The Morgan fingerprint density at radius 1 is 0.900 bits per heavy atom. The van der Waals surface area contributed by atoms with Gasteiger partial charge in [0.2, 0.25) is 17.7 Å². The number of esters is 1. The van der Waals surface area contributed by atoms with Crippen LogP contribution in [0.15, 0.2) is 54.6 Å². The van der Waals surface area contributed by atoms with E-state index in [0.717, 1.165) is 17.5 Å². The number of ketones is 1. The quantitative estimate of drug-likeness (QED) is 0.110. The van der Waals surface area contributed by atoms with Gasteiger partial charge in [0.15, 0.2) is 5.78 Å². The first kappa shape index (κ1) is 37.3. The molecule has 0 aliphatic heterocycles. The van der Waals surface area contributed by atoms with Crippen LogP contribution in [0.1, 0.15) is 49.7 Å². The van der Waals surface area contributed by atoms with Crippen molar-refractivity contribution in [3.05, 3.63) is 65.7 Å². The van der Waals surface area contributed by atoms with Crippen LogP contribution in [0, 0.1) is 23.2 Å². The lowest BCUT2D eigenvalue weighted by Gasteiger charge is -2.64. The SMILES string of the molecule is COC(=O)C1(C(=O)[C@H](Cc2ccccc2)NC(=O)CNC(=O)[C@@H](CCSC)NC(=O)[C@@H](N)Cc2ccc(O)cc2)C2CC3CC(C2)CC1(N)C3. The first-order valence-electron chi connectivity index (χ1n) is 17.3. The van der Waals surface area contributed by atoms with E-state index in [1.165, 1.54) is 31.0 Å². The molecule has 4 aliphatic carbocycles. The minimum absolute atomic E-state index is 0.0967. The molecule has 4 saturated carbocycles. The van der Waals surface area contributed by atoms with Crippen LogP contribution < -0.4 is 27.4 Å². The van der Waals surface area contributed by atoms with Crippen LogP contribution in [0.4, 0.5) is 0 Å². The van der Waals surface area contributed by atoms with Gasteiger partial charge in [-0.3, -0.25) is 24.0 Å². The number of benzene rings is 2. The van der Waals surface area contributed by atoms with E-state index in [0.29, 0.717) is 49.7 Å². The van der Waals surface area contributed by atoms with Crippen LogP contribution in [0.5, 0.6) is 5.75 Å². The lowest BCUT2D eigenvalue weighted by atomic mass is 9.40. The summed E-state index contributed by atoms with van der Waals surface area (Å²) >= 11 is 1.50. The number of nitrogens with one attached hydrogen (secondary N) is 3. The maximum atomic E-state index is 14.8. The molecule has 0 heterocycles. The van der Waals surface area contributed by atoms with Crippen LogP contribution in [0.3, 0.4) is 0 Å². The van der Waals surface area contributed by atoms with Gasteiger partial charge in [-0.15, -0.1) is 0 Å². The third kappa shape index (κ3) is 7.84.